The van der Waals surface area contributed by atoms with Crippen LogP contribution in [0.5, 0.6) is 0 Å². The zero-order chi connectivity index (χ0) is 13.3. The van der Waals surface area contributed by atoms with Gasteiger partial charge in [-0.3, -0.25) is 4.68 Å². The third kappa shape index (κ3) is 2.61. The van der Waals surface area contributed by atoms with Gasteiger partial charge in [-0.25, -0.2) is 4.79 Å². The van der Waals surface area contributed by atoms with Crippen LogP contribution in [0.3, 0.4) is 0 Å². The second-order valence-corrected chi connectivity index (χ2v) is 5.12. The first-order chi connectivity index (χ1) is 8.47. The number of carbonyl (C=O) groups is 1. The summed E-state index contributed by atoms with van der Waals surface area (Å²) in [5.41, 5.74) is 3.20. The van der Waals surface area contributed by atoms with Crippen molar-refractivity contribution in [3.63, 3.8) is 0 Å². The SMILES string of the molecule is Cc1ccc(Br)cc1Cn1nc(C(=O)O)cc1C. The molecule has 0 spiro atoms. The van der Waals surface area contributed by atoms with Gasteiger partial charge < -0.3 is 5.11 Å². The first kappa shape index (κ1) is 12.8. The van der Waals surface area contributed by atoms with Crippen molar-refractivity contribution in [3.05, 3.63) is 51.3 Å². The van der Waals surface area contributed by atoms with Gasteiger partial charge in [-0.15, -0.1) is 0 Å². The standard InChI is InChI=1S/C13H13BrN2O2/c1-8-3-4-11(14)6-10(8)7-16-9(2)5-12(15-16)13(17)18/h3-6H,7H2,1-2H3,(H,17,18). The summed E-state index contributed by atoms with van der Waals surface area (Å²) in [5.74, 6) is -0.997. The average Bonchev–Trinajstić information content (AvgIpc) is 2.66. The van der Waals surface area contributed by atoms with E-state index < -0.39 is 5.97 Å². The Morgan fingerprint density at radius 1 is 1.39 bits per heavy atom. The fraction of sp³-hybridized carbons (Fsp3) is 0.231. The molecule has 0 saturated heterocycles. The van der Waals surface area contributed by atoms with E-state index in [1.54, 1.807) is 10.7 Å². The molecule has 18 heavy (non-hydrogen) atoms. The van der Waals surface area contributed by atoms with E-state index >= 15 is 0 Å². The Kier molecular flexibility index (Phi) is 3.52. The summed E-state index contributed by atoms with van der Waals surface area (Å²) in [4.78, 5) is 10.9. The maximum atomic E-state index is 10.9. The van der Waals surface area contributed by atoms with Crippen LogP contribution in [0, 0.1) is 13.8 Å². The van der Waals surface area contributed by atoms with E-state index in [0.717, 1.165) is 21.3 Å². The van der Waals surface area contributed by atoms with Crippen molar-refractivity contribution in [2.24, 2.45) is 0 Å². The van der Waals surface area contributed by atoms with Crippen molar-refractivity contribution >= 4 is 21.9 Å². The van der Waals surface area contributed by atoms with Crippen molar-refractivity contribution in [1.82, 2.24) is 9.78 Å². The van der Waals surface area contributed by atoms with Gasteiger partial charge >= 0.3 is 5.97 Å². The maximum Gasteiger partial charge on any atom is 0.356 e. The van der Waals surface area contributed by atoms with E-state index in [1.165, 1.54) is 0 Å². The minimum Gasteiger partial charge on any atom is -0.476 e. The molecule has 2 rings (SSSR count). The molecule has 0 aliphatic heterocycles. The largest absolute Gasteiger partial charge is 0.476 e. The third-order valence-electron chi connectivity index (χ3n) is 2.83. The number of aromatic nitrogens is 2. The molecular formula is C13H13BrN2O2. The fourth-order valence-electron chi connectivity index (χ4n) is 1.75. The first-order valence-corrected chi connectivity index (χ1v) is 6.29. The molecule has 0 unspecified atom stereocenters. The van der Waals surface area contributed by atoms with Crippen LogP contribution in [-0.4, -0.2) is 20.9 Å². The molecule has 0 bridgehead atoms. The lowest BCUT2D eigenvalue weighted by Crippen LogP contribution is -2.07. The summed E-state index contributed by atoms with van der Waals surface area (Å²) in [6, 6.07) is 7.61. The molecule has 4 nitrogen and oxygen atoms in total. The summed E-state index contributed by atoms with van der Waals surface area (Å²) in [5, 5.41) is 13.0. The maximum absolute atomic E-state index is 10.9. The number of carboxylic acids is 1. The number of nitrogens with zero attached hydrogens (tertiary/aromatic N) is 2. The molecule has 2 aromatic rings. The highest BCUT2D eigenvalue weighted by Gasteiger charge is 2.11. The lowest BCUT2D eigenvalue weighted by Gasteiger charge is -2.08. The number of benzene rings is 1. The van der Waals surface area contributed by atoms with E-state index in [2.05, 4.69) is 21.0 Å². The first-order valence-electron chi connectivity index (χ1n) is 5.50. The van der Waals surface area contributed by atoms with E-state index in [-0.39, 0.29) is 5.69 Å². The molecule has 1 heterocycles. The number of hydrogen-bond donors (Lipinski definition) is 1. The normalized spacial score (nSPS) is 10.6. The quantitative estimate of drug-likeness (QED) is 0.948. The Bertz CT molecular complexity index is 605. The topological polar surface area (TPSA) is 55.1 Å². The fourth-order valence-corrected chi connectivity index (χ4v) is 2.15. The van der Waals surface area contributed by atoms with Crippen LogP contribution < -0.4 is 0 Å². The van der Waals surface area contributed by atoms with E-state index in [0.29, 0.717) is 6.54 Å². The van der Waals surface area contributed by atoms with Crippen LogP contribution in [0.1, 0.15) is 27.3 Å². The van der Waals surface area contributed by atoms with Crippen LogP contribution in [0.4, 0.5) is 0 Å². The Balaban J connectivity index is 2.34. The second kappa shape index (κ2) is 4.94. The number of carboxylic acid groups (broad SMARTS) is 1. The van der Waals surface area contributed by atoms with Crippen LogP contribution in [0.2, 0.25) is 0 Å². The molecule has 1 aromatic heterocycles. The molecule has 0 aliphatic carbocycles. The highest BCUT2D eigenvalue weighted by molar-refractivity contribution is 9.10. The van der Waals surface area contributed by atoms with Gasteiger partial charge in [-0.2, -0.15) is 5.10 Å². The predicted octanol–water partition coefficient (Wildman–Crippen LogP) is 3.01. The molecule has 0 saturated carbocycles. The summed E-state index contributed by atoms with van der Waals surface area (Å²) < 4.78 is 2.71. The van der Waals surface area contributed by atoms with Gasteiger partial charge in [0.25, 0.3) is 0 Å². The lowest BCUT2D eigenvalue weighted by atomic mass is 10.1. The molecule has 1 N–H and O–H groups in total. The Labute approximate surface area is 113 Å². The minimum atomic E-state index is -0.997. The van der Waals surface area contributed by atoms with Gasteiger partial charge in [0.05, 0.1) is 6.54 Å². The van der Waals surface area contributed by atoms with Gasteiger partial charge in [0.15, 0.2) is 5.69 Å². The summed E-state index contributed by atoms with van der Waals surface area (Å²) in [7, 11) is 0. The second-order valence-electron chi connectivity index (χ2n) is 4.20. The van der Waals surface area contributed by atoms with Crippen LogP contribution >= 0.6 is 15.9 Å². The van der Waals surface area contributed by atoms with Crippen molar-refractivity contribution in [2.45, 2.75) is 20.4 Å². The molecular weight excluding hydrogens is 296 g/mol. The number of halogens is 1. The van der Waals surface area contributed by atoms with E-state index in [1.807, 2.05) is 32.0 Å². The average molecular weight is 309 g/mol. The van der Waals surface area contributed by atoms with Gasteiger partial charge in [-0.1, -0.05) is 22.0 Å². The Hall–Kier alpha value is -1.62. The molecule has 94 valence electrons. The summed E-state index contributed by atoms with van der Waals surface area (Å²) >= 11 is 3.43. The molecule has 1 aromatic carbocycles. The summed E-state index contributed by atoms with van der Waals surface area (Å²) in [6.45, 7) is 4.45. The van der Waals surface area contributed by atoms with Gasteiger partial charge in [0, 0.05) is 10.2 Å². The molecule has 0 radical (unpaired) electrons. The molecule has 0 aliphatic rings. The minimum absolute atomic E-state index is 0.0835. The number of aryl methyl sites for hydroxylation is 2. The number of hydrogen-bond acceptors (Lipinski definition) is 2. The predicted molar refractivity (Wildman–Crippen MR) is 71.9 cm³/mol. The van der Waals surface area contributed by atoms with Gasteiger partial charge in [0.1, 0.15) is 0 Å². The van der Waals surface area contributed by atoms with Crippen LogP contribution in [0.25, 0.3) is 0 Å². The Morgan fingerprint density at radius 2 is 2.11 bits per heavy atom. The zero-order valence-electron chi connectivity index (χ0n) is 10.1. The molecule has 5 heteroatoms. The monoisotopic (exact) mass is 308 g/mol. The van der Waals surface area contributed by atoms with Crippen molar-refractivity contribution in [2.75, 3.05) is 0 Å². The highest BCUT2D eigenvalue weighted by Crippen LogP contribution is 2.17. The molecule has 0 amide bonds. The smallest absolute Gasteiger partial charge is 0.356 e. The zero-order valence-corrected chi connectivity index (χ0v) is 11.7. The van der Waals surface area contributed by atoms with Gasteiger partial charge in [-0.05, 0) is 43.2 Å². The lowest BCUT2D eigenvalue weighted by molar-refractivity contribution is 0.0689. The Morgan fingerprint density at radius 3 is 2.72 bits per heavy atom. The third-order valence-corrected chi connectivity index (χ3v) is 3.32. The molecule has 0 fully saturated rings. The van der Waals surface area contributed by atoms with Gasteiger partial charge in [0.2, 0.25) is 0 Å². The number of aromatic carboxylic acids is 1. The van der Waals surface area contributed by atoms with Crippen LogP contribution in [0.15, 0.2) is 28.7 Å². The van der Waals surface area contributed by atoms with Crippen molar-refractivity contribution < 1.29 is 9.90 Å². The van der Waals surface area contributed by atoms with E-state index in [9.17, 15) is 4.79 Å². The van der Waals surface area contributed by atoms with Crippen LogP contribution in [-0.2, 0) is 6.54 Å². The van der Waals surface area contributed by atoms with Crippen molar-refractivity contribution in [1.29, 1.82) is 0 Å². The number of rotatable bonds is 3. The van der Waals surface area contributed by atoms with E-state index in [4.69, 9.17) is 5.11 Å². The summed E-state index contributed by atoms with van der Waals surface area (Å²) in [6.07, 6.45) is 0. The molecule has 0 atom stereocenters. The van der Waals surface area contributed by atoms with Crippen molar-refractivity contribution in [3.8, 4) is 0 Å². The highest BCUT2D eigenvalue weighted by atomic mass is 79.9.